The van der Waals surface area contributed by atoms with E-state index in [1.54, 1.807) is 18.2 Å². The third-order valence-corrected chi connectivity index (χ3v) is 4.99. The molecular weight excluding hydrogens is 396 g/mol. The molecule has 2 aromatic carbocycles. The smallest absolute Gasteiger partial charge is 0.416 e. The maximum atomic E-state index is 13.2. The third-order valence-electron chi connectivity index (χ3n) is 4.99. The monoisotopic (exact) mass is 417 g/mol. The van der Waals surface area contributed by atoms with Crippen LogP contribution in [0.15, 0.2) is 54.6 Å². The Balaban J connectivity index is 0.00000280. The first-order chi connectivity index (χ1) is 12.8. The van der Waals surface area contributed by atoms with Crippen molar-refractivity contribution in [3.8, 4) is 0 Å². The molecule has 0 aliphatic carbocycles. The number of rotatable bonds is 5. The number of halogens is 3. The summed E-state index contributed by atoms with van der Waals surface area (Å²) in [5, 5.41) is 12.9. The zero-order chi connectivity index (χ0) is 19.5. The van der Waals surface area contributed by atoms with Gasteiger partial charge in [0.25, 0.3) is 0 Å². The van der Waals surface area contributed by atoms with Crippen LogP contribution in [0, 0.1) is 0 Å². The topological polar surface area (TPSA) is 52.6 Å². The Morgan fingerprint density at radius 2 is 1.61 bits per heavy atom. The fourth-order valence-electron chi connectivity index (χ4n) is 3.46. The molecule has 1 aliphatic heterocycles. The molecule has 4 nitrogen and oxygen atoms in total. The maximum absolute atomic E-state index is 13.2. The zero-order valence-corrected chi connectivity index (χ0v) is 18.8. The summed E-state index contributed by atoms with van der Waals surface area (Å²) < 4.78 is 39.5. The molecule has 1 saturated heterocycles. The van der Waals surface area contributed by atoms with Gasteiger partial charge < -0.3 is 10.4 Å². The first kappa shape index (κ1) is 23.4. The normalized spacial score (nSPS) is 16.8. The Morgan fingerprint density at radius 1 is 1.04 bits per heavy atom. The van der Waals surface area contributed by atoms with E-state index < -0.39 is 23.2 Å². The van der Waals surface area contributed by atoms with E-state index in [4.69, 9.17) is 0 Å². The summed E-state index contributed by atoms with van der Waals surface area (Å²) in [5.74, 6) is -0.943. The van der Waals surface area contributed by atoms with E-state index in [2.05, 4.69) is 5.32 Å². The van der Waals surface area contributed by atoms with Crippen LogP contribution in [0.3, 0.4) is 0 Å². The number of anilines is 1. The standard InChI is InChI=1S/C20H21F3N2O2.K/c21-20(22,23)17-9-5-4-6-15(17)14-25-12-10-19(11-13-25,18(26)27)24-16-7-2-1-3-8-16;/h1-9,24H,10-14H2,(H,26,27);. The fourth-order valence-corrected chi connectivity index (χ4v) is 3.46. The van der Waals surface area contributed by atoms with Crippen molar-refractivity contribution in [2.24, 2.45) is 0 Å². The quantitative estimate of drug-likeness (QED) is 0.726. The predicted molar refractivity (Wildman–Crippen MR) is 102 cm³/mol. The van der Waals surface area contributed by atoms with Crippen LogP contribution >= 0.6 is 0 Å². The number of aliphatic carboxylic acids is 1. The van der Waals surface area contributed by atoms with E-state index >= 15 is 0 Å². The van der Waals surface area contributed by atoms with Crippen molar-refractivity contribution >= 4 is 63.0 Å². The molecule has 3 rings (SSSR count). The van der Waals surface area contributed by atoms with Crippen molar-refractivity contribution < 1.29 is 23.1 Å². The molecule has 0 atom stereocenters. The van der Waals surface area contributed by atoms with Crippen molar-refractivity contribution in [2.75, 3.05) is 18.4 Å². The summed E-state index contributed by atoms with van der Waals surface area (Å²) in [6.45, 7) is 0.952. The van der Waals surface area contributed by atoms with Gasteiger partial charge in [-0.2, -0.15) is 13.2 Å². The molecule has 2 N–H and O–H groups in total. The summed E-state index contributed by atoms with van der Waals surface area (Å²) in [7, 11) is 0. The van der Waals surface area contributed by atoms with Gasteiger partial charge in [0.2, 0.25) is 0 Å². The van der Waals surface area contributed by atoms with Gasteiger partial charge in [-0.25, -0.2) is 4.79 Å². The SMILES string of the molecule is O=C(O)C1(Nc2ccccc2)CCN(Cc2ccccc2C(F)(F)F)CC1.[K]. The summed E-state index contributed by atoms with van der Waals surface area (Å²) in [6.07, 6.45) is -3.77. The Labute approximate surface area is 204 Å². The second-order valence-electron chi connectivity index (χ2n) is 6.81. The van der Waals surface area contributed by atoms with Gasteiger partial charge in [0, 0.05) is 76.7 Å². The van der Waals surface area contributed by atoms with Gasteiger partial charge in [-0.1, -0.05) is 36.4 Å². The van der Waals surface area contributed by atoms with Crippen molar-refractivity contribution in [3.05, 3.63) is 65.7 Å². The number of hydrogen-bond donors (Lipinski definition) is 2. The molecular formula is C20H21F3KN2O2. The van der Waals surface area contributed by atoms with Crippen LogP contribution in [0.4, 0.5) is 18.9 Å². The van der Waals surface area contributed by atoms with Crippen LogP contribution in [0.25, 0.3) is 0 Å². The number of carbonyl (C=O) groups is 1. The van der Waals surface area contributed by atoms with E-state index in [0.29, 0.717) is 25.9 Å². The maximum Gasteiger partial charge on any atom is 0.416 e. The van der Waals surface area contributed by atoms with E-state index in [0.717, 1.165) is 11.8 Å². The molecule has 1 fully saturated rings. The summed E-state index contributed by atoms with van der Waals surface area (Å²) >= 11 is 0. The summed E-state index contributed by atoms with van der Waals surface area (Å²) in [6, 6.07) is 14.6. The molecule has 0 spiro atoms. The zero-order valence-electron chi connectivity index (χ0n) is 15.7. The van der Waals surface area contributed by atoms with Gasteiger partial charge in [-0.05, 0) is 36.6 Å². The molecule has 0 saturated carbocycles. The van der Waals surface area contributed by atoms with E-state index in [9.17, 15) is 23.1 Å². The molecule has 1 heterocycles. The average Bonchev–Trinajstić information content (AvgIpc) is 2.64. The molecule has 0 aromatic heterocycles. The molecule has 1 radical (unpaired) electrons. The van der Waals surface area contributed by atoms with Gasteiger partial charge in [-0.15, -0.1) is 0 Å². The fraction of sp³-hybridized carbons (Fsp3) is 0.350. The number of nitrogens with zero attached hydrogens (tertiary/aromatic N) is 1. The van der Waals surface area contributed by atoms with E-state index in [-0.39, 0.29) is 63.5 Å². The van der Waals surface area contributed by atoms with Crippen LogP contribution in [0.1, 0.15) is 24.0 Å². The number of carboxylic acid groups (broad SMARTS) is 1. The van der Waals surface area contributed by atoms with E-state index in [1.165, 1.54) is 12.1 Å². The largest absolute Gasteiger partial charge is 0.480 e. The van der Waals surface area contributed by atoms with Crippen molar-refractivity contribution in [2.45, 2.75) is 31.1 Å². The predicted octanol–water partition coefficient (Wildman–Crippen LogP) is 3.86. The first-order valence-corrected chi connectivity index (χ1v) is 8.74. The summed E-state index contributed by atoms with van der Waals surface area (Å²) in [4.78, 5) is 13.8. The number of para-hydroxylation sites is 1. The molecule has 2 aromatic rings. The Bertz CT molecular complexity index is 792. The molecule has 8 heteroatoms. The number of carboxylic acids is 1. The Morgan fingerprint density at radius 3 is 2.18 bits per heavy atom. The molecule has 1 aliphatic rings. The number of nitrogens with one attached hydrogen (secondary N) is 1. The summed E-state index contributed by atoms with van der Waals surface area (Å²) in [5.41, 5.74) is -0.816. The van der Waals surface area contributed by atoms with Crippen molar-refractivity contribution in [1.29, 1.82) is 0 Å². The van der Waals surface area contributed by atoms with Crippen LogP contribution < -0.4 is 5.32 Å². The third kappa shape index (κ3) is 5.58. The van der Waals surface area contributed by atoms with Crippen LogP contribution in [-0.2, 0) is 17.5 Å². The van der Waals surface area contributed by atoms with Crippen LogP contribution in [0.2, 0.25) is 0 Å². The number of benzene rings is 2. The minimum atomic E-state index is -4.40. The Kier molecular flexibility index (Phi) is 8.12. The minimum Gasteiger partial charge on any atom is -0.480 e. The van der Waals surface area contributed by atoms with Gasteiger partial charge in [0.1, 0.15) is 5.54 Å². The molecule has 145 valence electrons. The molecule has 28 heavy (non-hydrogen) atoms. The van der Waals surface area contributed by atoms with Crippen molar-refractivity contribution in [3.63, 3.8) is 0 Å². The number of alkyl halides is 3. The second kappa shape index (κ2) is 9.73. The number of piperidine rings is 1. The number of likely N-dealkylation sites (tertiary alicyclic amines) is 1. The number of hydrogen-bond acceptors (Lipinski definition) is 3. The molecule has 0 bridgehead atoms. The molecule has 0 amide bonds. The van der Waals surface area contributed by atoms with Gasteiger partial charge in [0.05, 0.1) is 5.56 Å². The van der Waals surface area contributed by atoms with Gasteiger partial charge >= 0.3 is 12.1 Å². The minimum absolute atomic E-state index is 0. The van der Waals surface area contributed by atoms with Gasteiger partial charge in [-0.3, -0.25) is 4.90 Å². The van der Waals surface area contributed by atoms with Crippen LogP contribution in [0.5, 0.6) is 0 Å². The second-order valence-corrected chi connectivity index (χ2v) is 6.81. The van der Waals surface area contributed by atoms with Gasteiger partial charge in [0.15, 0.2) is 0 Å². The average molecular weight is 417 g/mol. The first-order valence-electron chi connectivity index (χ1n) is 8.74. The van der Waals surface area contributed by atoms with Crippen LogP contribution in [-0.4, -0.2) is 86.0 Å². The van der Waals surface area contributed by atoms with Crippen molar-refractivity contribution in [1.82, 2.24) is 4.90 Å². The molecule has 0 unspecified atom stereocenters. The van der Waals surface area contributed by atoms with E-state index in [1.807, 2.05) is 23.1 Å². The Hall–Kier alpha value is -0.904.